The average molecular weight is 220 g/mol. The van der Waals surface area contributed by atoms with Crippen LogP contribution in [0.1, 0.15) is 40.0 Å². The molecule has 0 bridgehead atoms. The minimum Gasteiger partial charge on any atom is -0.386 e. The van der Waals surface area contributed by atoms with E-state index < -0.39 is 5.60 Å². The summed E-state index contributed by atoms with van der Waals surface area (Å²) in [5, 5.41) is 10.1. The molecule has 0 amide bonds. The summed E-state index contributed by atoms with van der Waals surface area (Å²) in [4.78, 5) is 0. The van der Waals surface area contributed by atoms with E-state index in [1.165, 1.54) is 11.1 Å². The van der Waals surface area contributed by atoms with E-state index in [4.69, 9.17) is 0 Å². The van der Waals surface area contributed by atoms with Gasteiger partial charge in [0.15, 0.2) is 0 Å². The predicted molar refractivity (Wildman–Crippen MR) is 70.2 cm³/mol. The molecule has 0 fully saturated rings. The maximum atomic E-state index is 10.1. The summed E-state index contributed by atoms with van der Waals surface area (Å²) in [6, 6.07) is 0. The molecular weight excluding hydrogens is 196 g/mol. The molecule has 1 unspecified atom stereocenters. The molecule has 0 aromatic heterocycles. The minimum atomic E-state index is -0.771. The Bertz CT molecular complexity index is 309. The van der Waals surface area contributed by atoms with Gasteiger partial charge < -0.3 is 5.11 Å². The lowest BCUT2D eigenvalue weighted by Crippen LogP contribution is -2.29. The van der Waals surface area contributed by atoms with Gasteiger partial charge in [-0.15, -0.1) is 6.58 Å². The molecule has 1 nitrogen and oxygen atoms in total. The summed E-state index contributed by atoms with van der Waals surface area (Å²) in [5.74, 6) is 0.911. The Morgan fingerprint density at radius 2 is 2.31 bits per heavy atom. The molecule has 0 aromatic rings. The van der Waals surface area contributed by atoms with Crippen LogP contribution < -0.4 is 0 Å². The van der Waals surface area contributed by atoms with Gasteiger partial charge in [-0.25, -0.2) is 0 Å². The Kier molecular flexibility index (Phi) is 4.15. The van der Waals surface area contributed by atoms with Gasteiger partial charge in [-0.05, 0) is 51.9 Å². The molecule has 0 saturated heterocycles. The van der Waals surface area contributed by atoms with Crippen LogP contribution in [0.4, 0.5) is 0 Å². The second kappa shape index (κ2) is 5.01. The largest absolute Gasteiger partial charge is 0.386 e. The molecule has 1 rings (SSSR count). The van der Waals surface area contributed by atoms with Crippen molar-refractivity contribution in [1.29, 1.82) is 0 Å². The van der Waals surface area contributed by atoms with Gasteiger partial charge >= 0.3 is 0 Å². The van der Waals surface area contributed by atoms with Crippen molar-refractivity contribution in [2.75, 3.05) is 0 Å². The first kappa shape index (κ1) is 13.2. The lowest BCUT2D eigenvalue weighted by atomic mass is 9.73. The fourth-order valence-electron chi connectivity index (χ4n) is 2.54. The van der Waals surface area contributed by atoms with Gasteiger partial charge in [0.25, 0.3) is 0 Å². The highest BCUT2D eigenvalue weighted by Crippen LogP contribution is 2.37. The number of allylic oxidation sites excluding steroid dienone is 3. The summed E-state index contributed by atoms with van der Waals surface area (Å²) in [5.41, 5.74) is 1.89. The van der Waals surface area contributed by atoms with E-state index in [0.29, 0.717) is 11.8 Å². The van der Waals surface area contributed by atoms with E-state index in [-0.39, 0.29) is 0 Å². The Hall–Kier alpha value is -0.820. The fourth-order valence-corrected chi connectivity index (χ4v) is 2.54. The van der Waals surface area contributed by atoms with Crippen LogP contribution in [-0.2, 0) is 0 Å². The molecule has 0 heterocycles. The van der Waals surface area contributed by atoms with Crippen LogP contribution in [0.25, 0.3) is 0 Å². The van der Waals surface area contributed by atoms with Gasteiger partial charge in [-0.3, -0.25) is 0 Å². The second-order valence-electron chi connectivity index (χ2n) is 5.43. The predicted octanol–water partition coefficient (Wildman–Crippen LogP) is 3.86. The van der Waals surface area contributed by atoms with Crippen LogP contribution in [0.2, 0.25) is 0 Å². The molecule has 0 saturated carbocycles. The van der Waals surface area contributed by atoms with Crippen LogP contribution in [-0.4, -0.2) is 10.7 Å². The lowest BCUT2D eigenvalue weighted by Gasteiger charge is -2.34. The number of hydrogen-bond acceptors (Lipinski definition) is 1. The lowest BCUT2D eigenvalue weighted by molar-refractivity contribution is 0.0799. The van der Waals surface area contributed by atoms with Crippen molar-refractivity contribution in [2.24, 2.45) is 11.8 Å². The number of rotatable bonds is 4. The van der Waals surface area contributed by atoms with Gasteiger partial charge in [-0.1, -0.05) is 29.9 Å². The highest BCUT2D eigenvalue weighted by atomic mass is 16.3. The zero-order valence-electron chi connectivity index (χ0n) is 10.8. The van der Waals surface area contributed by atoms with Crippen molar-refractivity contribution in [3.8, 4) is 0 Å². The van der Waals surface area contributed by atoms with Gasteiger partial charge in [0.2, 0.25) is 0 Å². The highest BCUT2D eigenvalue weighted by molar-refractivity contribution is 5.15. The average Bonchev–Trinajstić information content (AvgIpc) is 2.16. The molecule has 1 aliphatic rings. The number of aliphatic hydroxyl groups is 1. The molecule has 3 atom stereocenters. The molecule has 0 aliphatic heterocycles. The zero-order chi connectivity index (χ0) is 12.3. The van der Waals surface area contributed by atoms with Crippen molar-refractivity contribution in [1.82, 2.24) is 0 Å². The first-order chi connectivity index (χ1) is 7.35. The topological polar surface area (TPSA) is 20.2 Å². The third kappa shape index (κ3) is 3.34. The summed E-state index contributed by atoms with van der Waals surface area (Å²) in [6.45, 7) is 13.9. The Labute approximate surface area is 99.6 Å². The Morgan fingerprint density at radius 1 is 1.69 bits per heavy atom. The molecule has 90 valence electrons. The van der Waals surface area contributed by atoms with E-state index in [2.05, 4.69) is 33.1 Å². The van der Waals surface area contributed by atoms with E-state index in [9.17, 15) is 5.11 Å². The Balaban J connectivity index is 2.84. The maximum Gasteiger partial charge on any atom is 0.0802 e. The molecule has 1 N–H and O–H groups in total. The SMILES string of the molecule is C=CC(C)(O)C[C@H]1C=C(C)CC[C@H]1C(=C)C. The molecule has 0 aromatic carbocycles. The maximum absolute atomic E-state index is 10.1. The smallest absolute Gasteiger partial charge is 0.0802 e. The van der Waals surface area contributed by atoms with Crippen LogP contribution in [0.5, 0.6) is 0 Å². The summed E-state index contributed by atoms with van der Waals surface area (Å²) >= 11 is 0. The number of hydrogen-bond donors (Lipinski definition) is 1. The fraction of sp³-hybridized carbons (Fsp3) is 0.600. The van der Waals surface area contributed by atoms with Crippen molar-refractivity contribution >= 4 is 0 Å². The highest BCUT2D eigenvalue weighted by Gasteiger charge is 2.29. The third-order valence-corrected chi connectivity index (χ3v) is 3.59. The van der Waals surface area contributed by atoms with Crippen LogP contribution in [0.3, 0.4) is 0 Å². The molecule has 1 aliphatic carbocycles. The third-order valence-electron chi connectivity index (χ3n) is 3.59. The van der Waals surface area contributed by atoms with Gasteiger partial charge in [0.05, 0.1) is 5.60 Å². The molecule has 1 heteroatoms. The molecular formula is C15H24O. The first-order valence-corrected chi connectivity index (χ1v) is 6.04. The second-order valence-corrected chi connectivity index (χ2v) is 5.43. The zero-order valence-corrected chi connectivity index (χ0v) is 10.8. The molecule has 0 radical (unpaired) electrons. The normalized spacial score (nSPS) is 29.1. The molecule has 0 spiro atoms. The standard InChI is InChI=1S/C15H24O/c1-6-15(5,16)10-13-9-12(4)7-8-14(13)11(2)3/h6,9,13-14,16H,1-2,7-8,10H2,3-5H3/t13-,14+,15?/m1/s1. The van der Waals surface area contributed by atoms with Gasteiger partial charge in [0, 0.05) is 0 Å². The van der Waals surface area contributed by atoms with Crippen molar-refractivity contribution in [2.45, 2.75) is 45.6 Å². The van der Waals surface area contributed by atoms with Crippen LogP contribution in [0.15, 0.2) is 36.5 Å². The monoisotopic (exact) mass is 220 g/mol. The van der Waals surface area contributed by atoms with E-state index >= 15 is 0 Å². The van der Waals surface area contributed by atoms with E-state index in [1.807, 2.05) is 6.92 Å². The van der Waals surface area contributed by atoms with Crippen molar-refractivity contribution < 1.29 is 5.11 Å². The first-order valence-electron chi connectivity index (χ1n) is 6.04. The van der Waals surface area contributed by atoms with Crippen molar-refractivity contribution in [3.05, 3.63) is 36.5 Å². The minimum absolute atomic E-state index is 0.402. The quantitative estimate of drug-likeness (QED) is 0.713. The molecule has 16 heavy (non-hydrogen) atoms. The summed E-state index contributed by atoms with van der Waals surface area (Å²) in [6.07, 6.45) is 7.01. The van der Waals surface area contributed by atoms with Crippen LogP contribution >= 0.6 is 0 Å². The summed E-state index contributed by atoms with van der Waals surface area (Å²) < 4.78 is 0. The van der Waals surface area contributed by atoms with E-state index in [1.54, 1.807) is 6.08 Å². The Morgan fingerprint density at radius 3 is 2.81 bits per heavy atom. The summed E-state index contributed by atoms with van der Waals surface area (Å²) in [7, 11) is 0. The van der Waals surface area contributed by atoms with Gasteiger partial charge in [-0.2, -0.15) is 0 Å². The van der Waals surface area contributed by atoms with Gasteiger partial charge in [0.1, 0.15) is 0 Å². The van der Waals surface area contributed by atoms with E-state index in [0.717, 1.165) is 19.3 Å². The van der Waals surface area contributed by atoms with Crippen LogP contribution in [0, 0.1) is 11.8 Å². The van der Waals surface area contributed by atoms with Crippen molar-refractivity contribution in [3.63, 3.8) is 0 Å².